The molecule has 0 saturated carbocycles. The van der Waals surface area contributed by atoms with Crippen LogP contribution in [0.4, 0.5) is 0 Å². The third kappa shape index (κ3) is 5.08. The van der Waals surface area contributed by atoms with Gasteiger partial charge in [-0.05, 0) is 42.8 Å². The fourth-order valence-corrected chi connectivity index (χ4v) is 2.41. The highest BCUT2D eigenvalue weighted by Crippen LogP contribution is 2.12. The highest BCUT2D eigenvalue weighted by molar-refractivity contribution is 6.30. The highest BCUT2D eigenvalue weighted by atomic mass is 35.5. The lowest BCUT2D eigenvalue weighted by Crippen LogP contribution is -2.16. The molecule has 3 aromatic rings. The normalized spacial score (nSPS) is 10.7. The molecule has 1 aromatic heterocycles. The second kappa shape index (κ2) is 8.47. The summed E-state index contributed by atoms with van der Waals surface area (Å²) in [5.74, 6) is 1.79. The summed E-state index contributed by atoms with van der Waals surface area (Å²) in [5.41, 5.74) is 1.19. The first-order valence-corrected chi connectivity index (χ1v) is 8.12. The van der Waals surface area contributed by atoms with Crippen molar-refractivity contribution in [2.45, 2.75) is 19.6 Å². The monoisotopic (exact) mass is 343 g/mol. The lowest BCUT2D eigenvalue weighted by atomic mass is 10.1. The van der Waals surface area contributed by atoms with Crippen molar-refractivity contribution < 1.29 is 9.15 Å². The van der Waals surface area contributed by atoms with E-state index in [9.17, 15) is 0 Å². The Hall–Kier alpha value is -2.37. The molecule has 0 atom stereocenters. The van der Waals surface area contributed by atoms with Crippen LogP contribution in [-0.4, -0.2) is 16.7 Å². The summed E-state index contributed by atoms with van der Waals surface area (Å²) in [4.78, 5) is 0. The van der Waals surface area contributed by atoms with Crippen LogP contribution < -0.4 is 10.1 Å². The minimum Gasteiger partial charge on any atom is -0.484 e. The van der Waals surface area contributed by atoms with Crippen LogP contribution in [0.15, 0.2) is 59.0 Å². The quantitative estimate of drug-likeness (QED) is 0.633. The lowest BCUT2D eigenvalue weighted by molar-refractivity contribution is 0.258. The molecule has 0 aliphatic heterocycles. The van der Waals surface area contributed by atoms with Crippen molar-refractivity contribution in [1.82, 2.24) is 15.5 Å². The number of halogens is 1. The van der Waals surface area contributed by atoms with Gasteiger partial charge in [0.15, 0.2) is 6.61 Å². The van der Waals surface area contributed by atoms with Gasteiger partial charge in [0.25, 0.3) is 5.89 Å². The predicted octanol–water partition coefficient (Wildman–Crippen LogP) is 3.63. The van der Waals surface area contributed by atoms with Gasteiger partial charge in [-0.25, -0.2) is 0 Å². The molecule has 1 N–H and O–H groups in total. The van der Waals surface area contributed by atoms with Crippen LogP contribution in [0.2, 0.25) is 5.02 Å². The van der Waals surface area contributed by atoms with E-state index in [1.54, 1.807) is 0 Å². The molecular weight excluding hydrogens is 326 g/mol. The number of benzene rings is 2. The van der Waals surface area contributed by atoms with E-state index in [0.29, 0.717) is 18.3 Å². The highest BCUT2D eigenvalue weighted by Gasteiger charge is 2.06. The first-order valence-electron chi connectivity index (χ1n) is 7.74. The Labute approximate surface area is 145 Å². The maximum absolute atomic E-state index is 5.96. The maximum Gasteiger partial charge on any atom is 0.253 e. The van der Waals surface area contributed by atoms with Crippen molar-refractivity contribution in [3.05, 3.63) is 77.0 Å². The van der Waals surface area contributed by atoms with Crippen molar-refractivity contribution in [2.75, 3.05) is 6.54 Å². The Balaban J connectivity index is 1.39. The van der Waals surface area contributed by atoms with E-state index in [4.69, 9.17) is 20.8 Å². The van der Waals surface area contributed by atoms with Crippen LogP contribution in [0.3, 0.4) is 0 Å². The Bertz CT molecular complexity index is 762. The van der Waals surface area contributed by atoms with Crippen molar-refractivity contribution in [3.8, 4) is 5.75 Å². The van der Waals surface area contributed by atoms with Crippen molar-refractivity contribution >= 4 is 11.6 Å². The second-order valence-electron chi connectivity index (χ2n) is 5.25. The predicted molar refractivity (Wildman–Crippen MR) is 91.9 cm³/mol. The number of aromatic nitrogens is 2. The van der Waals surface area contributed by atoms with Crippen LogP contribution in [0.5, 0.6) is 5.75 Å². The zero-order valence-electron chi connectivity index (χ0n) is 13.1. The van der Waals surface area contributed by atoms with Crippen LogP contribution >= 0.6 is 11.6 Å². The van der Waals surface area contributed by atoms with E-state index in [-0.39, 0.29) is 6.61 Å². The summed E-state index contributed by atoms with van der Waals surface area (Å²) in [7, 11) is 0. The number of para-hydroxylation sites is 1. The number of nitrogens with zero attached hydrogens (tertiary/aromatic N) is 2. The first kappa shape index (κ1) is 16.5. The Morgan fingerprint density at radius 2 is 1.83 bits per heavy atom. The average molecular weight is 344 g/mol. The van der Waals surface area contributed by atoms with Crippen molar-refractivity contribution in [3.63, 3.8) is 0 Å². The zero-order valence-corrected chi connectivity index (χ0v) is 13.9. The summed E-state index contributed by atoms with van der Waals surface area (Å²) in [6.45, 7) is 1.59. The van der Waals surface area contributed by atoms with Gasteiger partial charge in [0.05, 0.1) is 6.54 Å². The molecule has 6 heteroatoms. The Kier molecular flexibility index (Phi) is 5.82. The molecule has 0 aliphatic carbocycles. The maximum atomic E-state index is 5.96. The van der Waals surface area contributed by atoms with Crippen LogP contribution in [0, 0.1) is 0 Å². The Morgan fingerprint density at radius 1 is 1.00 bits per heavy atom. The van der Waals surface area contributed by atoms with Crippen LogP contribution in [0.1, 0.15) is 17.3 Å². The standard InChI is InChI=1S/C18H18ClN3O2/c19-15-6-4-5-14(11-15)9-10-20-12-17-21-22-18(24-17)13-23-16-7-2-1-3-8-16/h1-8,11,20H,9-10,12-13H2. The minimum absolute atomic E-state index is 0.263. The van der Waals surface area contributed by atoms with Gasteiger partial charge >= 0.3 is 0 Å². The number of hydrogen-bond donors (Lipinski definition) is 1. The van der Waals surface area contributed by atoms with E-state index in [1.807, 2.05) is 48.5 Å². The fraction of sp³-hybridized carbons (Fsp3) is 0.222. The largest absolute Gasteiger partial charge is 0.484 e. The smallest absolute Gasteiger partial charge is 0.253 e. The minimum atomic E-state index is 0.263. The van der Waals surface area contributed by atoms with Gasteiger partial charge < -0.3 is 14.5 Å². The number of ether oxygens (including phenoxy) is 1. The number of nitrogens with one attached hydrogen (secondary N) is 1. The molecule has 5 nitrogen and oxygen atoms in total. The number of hydrogen-bond acceptors (Lipinski definition) is 5. The molecule has 1 heterocycles. The van der Waals surface area contributed by atoms with E-state index < -0.39 is 0 Å². The average Bonchev–Trinajstić information content (AvgIpc) is 3.06. The summed E-state index contributed by atoms with van der Waals surface area (Å²) < 4.78 is 11.1. The fourth-order valence-electron chi connectivity index (χ4n) is 2.20. The van der Waals surface area contributed by atoms with Gasteiger partial charge in [0, 0.05) is 5.02 Å². The van der Waals surface area contributed by atoms with E-state index in [0.717, 1.165) is 23.7 Å². The molecule has 0 spiro atoms. The van der Waals surface area contributed by atoms with Crippen LogP contribution in [-0.2, 0) is 19.6 Å². The van der Waals surface area contributed by atoms with Crippen LogP contribution in [0.25, 0.3) is 0 Å². The molecule has 124 valence electrons. The Morgan fingerprint density at radius 3 is 2.67 bits per heavy atom. The molecule has 0 saturated heterocycles. The molecular formula is C18H18ClN3O2. The molecule has 0 fully saturated rings. The third-order valence-corrected chi connectivity index (χ3v) is 3.61. The molecule has 24 heavy (non-hydrogen) atoms. The molecule has 0 radical (unpaired) electrons. The van der Waals surface area contributed by atoms with Crippen molar-refractivity contribution in [1.29, 1.82) is 0 Å². The molecule has 2 aromatic carbocycles. The van der Waals surface area contributed by atoms with E-state index >= 15 is 0 Å². The summed E-state index contributed by atoms with van der Waals surface area (Å²) in [5, 5.41) is 12.0. The van der Waals surface area contributed by atoms with Gasteiger partial charge in [-0.2, -0.15) is 0 Å². The van der Waals surface area contributed by atoms with E-state index in [2.05, 4.69) is 21.6 Å². The van der Waals surface area contributed by atoms with E-state index in [1.165, 1.54) is 5.56 Å². The van der Waals surface area contributed by atoms with Gasteiger partial charge in [0.2, 0.25) is 5.89 Å². The molecule has 0 unspecified atom stereocenters. The molecule has 0 aliphatic rings. The summed E-state index contributed by atoms with van der Waals surface area (Å²) >= 11 is 5.96. The van der Waals surface area contributed by atoms with Gasteiger partial charge in [0.1, 0.15) is 5.75 Å². The number of rotatable bonds is 8. The molecule has 0 bridgehead atoms. The van der Waals surface area contributed by atoms with Gasteiger partial charge in [-0.3, -0.25) is 0 Å². The van der Waals surface area contributed by atoms with Gasteiger partial charge in [-0.1, -0.05) is 41.9 Å². The SMILES string of the molecule is Clc1cccc(CCNCc2nnc(COc3ccccc3)o2)c1. The summed E-state index contributed by atoms with van der Waals surface area (Å²) in [6.07, 6.45) is 0.888. The summed E-state index contributed by atoms with van der Waals surface area (Å²) in [6, 6.07) is 17.4. The zero-order chi connectivity index (χ0) is 16.6. The third-order valence-electron chi connectivity index (χ3n) is 3.37. The first-order chi connectivity index (χ1) is 11.8. The van der Waals surface area contributed by atoms with Gasteiger partial charge in [-0.15, -0.1) is 10.2 Å². The molecule has 0 amide bonds. The second-order valence-corrected chi connectivity index (χ2v) is 5.68. The lowest BCUT2D eigenvalue weighted by Gasteiger charge is -2.03. The topological polar surface area (TPSA) is 60.2 Å². The van der Waals surface area contributed by atoms with Crippen molar-refractivity contribution in [2.24, 2.45) is 0 Å². The molecule has 3 rings (SSSR count).